The topological polar surface area (TPSA) is 107 Å². The van der Waals surface area contributed by atoms with Gasteiger partial charge < -0.3 is 15.6 Å². The highest BCUT2D eigenvalue weighted by atomic mass is 16.2. The molecule has 0 bridgehead atoms. The van der Waals surface area contributed by atoms with E-state index in [9.17, 15) is 14.4 Å². The van der Waals surface area contributed by atoms with E-state index >= 15 is 0 Å². The standard InChI is InChI=1S/C21H28N4O3/c1-3-13(2)22-17-18(24-21(28)25-20(17)27)19(26)23-16-11-9-15(10-12-16)14-7-5-4-6-8-14/h4-8,13,15-16,22H,3,9-12H2,1-2H3,(H,23,26)(H2,24,25,27,28)/t13?,15-,16+. The Kier molecular flexibility index (Phi) is 6.34. The molecule has 4 N–H and O–H groups in total. The molecular weight excluding hydrogens is 356 g/mol. The van der Waals surface area contributed by atoms with Crippen LogP contribution in [0.2, 0.25) is 0 Å². The zero-order valence-electron chi connectivity index (χ0n) is 16.4. The van der Waals surface area contributed by atoms with Gasteiger partial charge in [0.15, 0.2) is 0 Å². The van der Waals surface area contributed by atoms with E-state index in [0.717, 1.165) is 32.1 Å². The number of aromatic amines is 2. The maximum Gasteiger partial charge on any atom is 0.326 e. The molecule has 2 aromatic rings. The zero-order valence-corrected chi connectivity index (χ0v) is 16.4. The lowest BCUT2D eigenvalue weighted by Crippen LogP contribution is -2.40. The van der Waals surface area contributed by atoms with Crippen LogP contribution in [-0.2, 0) is 0 Å². The summed E-state index contributed by atoms with van der Waals surface area (Å²) < 4.78 is 0. The highest BCUT2D eigenvalue weighted by Gasteiger charge is 2.25. The Labute approximate surface area is 164 Å². The van der Waals surface area contributed by atoms with Crippen molar-refractivity contribution in [2.75, 3.05) is 5.32 Å². The third-order valence-corrected chi connectivity index (χ3v) is 5.51. The van der Waals surface area contributed by atoms with E-state index in [-0.39, 0.29) is 23.5 Å². The number of amides is 1. The molecule has 28 heavy (non-hydrogen) atoms. The Bertz CT molecular complexity index is 911. The average Bonchev–Trinajstić information content (AvgIpc) is 2.70. The molecule has 7 heteroatoms. The van der Waals surface area contributed by atoms with Crippen molar-refractivity contribution in [2.45, 2.75) is 64.0 Å². The molecule has 1 saturated carbocycles. The number of carbonyl (C=O) groups excluding carboxylic acids is 1. The molecule has 7 nitrogen and oxygen atoms in total. The van der Waals surface area contributed by atoms with Crippen LogP contribution in [0.3, 0.4) is 0 Å². The fourth-order valence-corrected chi connectivity index (χ4v) is 3.70. The molecule has 0 aliphatic heterocycles. The number of carbonyl (C=O) groups is 1. The van der Waals surface area contributed by atoms with Crippen molar-refractivity contribution in [1.29, 1.82) is 0 Å². The molecule has 1 amide bonds. The number of hydrogen-bond acceptors (Lipinski definition) is 4. The van der Waals surface area contributed by atoms with Crippen LogP contribution in [0.5, 0.6) is 0 Å². The van der Waals surface area contributed by atoms with Gasteiger partial charge in [-0.15, -0.1) is 0 Å². The molecular formula is C21H28N4O3. The van der Waals surface area contributed by atoms with E-state index in [1.807, 2.05) is 19.9 Å². The van der Waals surface area contributed by atoms with E-state index < -0.39 is 17.2 Å². The number of aromatic nitrogens is 2. The molecule has 1 heterocycles. The van der Waals surface area contributed by atoms with Crippen molar-refractivity contribution in [3.05, 3.63) is 62.4 Å². The third-order valence-electron chi connectivity index (χ3n) is 5.51. The van der Waals surface area contributed by atoms with Gasteiger partial charge in [0.1, 0.15) is 11.4 Å². The van der Waals surface area contributed by atoms with Gasteiger partial charge in [0, 0.05) is 12.1 Å². The lowest BCUT2D eigenvalue weighted by molar-refractivity contribution is 0.0921. The number of anilines is 1. The van der Waals surface area contributed by atoms with Crippen molar-refractivity contribution >= 4 is 11.6 Å². The second-order valence-corrected chi connectivity index (χ2v) is 7.54. The Hall–Kier alpha value is -2.83. The molecule has 1 aliphatic carbocycles. The van der Waals surface area contributed by atoms with Crippen LogP contribution in [-0.4, -0.2) is 28.0 Å². The highest BCUT2D eigenvalue weighted by Crippen LogP contribution is 2.32. The summed E-state index contributed by atoms with van der Waals surface area (Å²) in [6.45, 7) is 3.89. The molecule has 3 rings (SSSR count). The van der Waals surface area contributed by atoms with Gasteiger partial charge in [-0.05, 0) is 50.5 Å². The van der Waals surface area contributed by atoms with Gasteiger partial charge in [0.05, 0.1) is 0 Å². The van der Waals surface area contributed by atoms with E-state index in [1.54, 1.807) is 0 Å². The molecule has 0 saturated heterocycles. The number of H-pyrrole nitrogens is 2. The highest BCUT2D eigenvalue weighted by molar-refractivity contribution is 5.97. The first-order valence-corrected chi connectivity index (χ1v) is 9.96. The average molecular weight is 384 g/mol. The Balaban J connectivity index is 1.68. The largest absolute Gasteiger partial charge is 0.376 e. The van der Waals surface area contributed by atoms with Gasteiger partial charge in [-0.2, -0.15) is 0 Å². The molecule has 0 spiro atoms. The molecule has 1 unspecified atom stereocenters. The van der Waals surface area contributed by atoms with Crippen LogP contribution in [0.15, 0.2) is 39.9 Å². The molecule has 0 radical (unpaired) electrons. The van der Waals surface area contributed by atoms with Gasteiger partial charge >= 0.3 is 5.69 Å². The van der Waals surface area contributed by atoms with Crippen LogP contribution < -0.4 is 21.9 Å². The quantitative estimate of drug-likeness (QED) is 0.614. The smallest absolute Gasteiger partial charge is 0.326 e. The summed E-state index contributed by atoms with van der Waals surface area (Å²) in [5.41, 5.74) is 0.189. The number of benzene rings is 1. The van der Waals surface area contributed by atoms with Crippen LogP contribution >= 0.6 is 0 Å². The number of rotatable bonds is 6. The van der Waals surface area contributed by atoms with Crippen molar-refractivity contribution in [3.63, 3.8) is 0 Å². The second kappa shape index (κ2) is 8.91. The van der Waals surface area contributed by atoms with Crippen LogP contribution in [0, 0.1) is 0 Å². The summed E-state index contributed by atoms with van der Waals surface area (Å²) in [5, 5.41) is 6.02. The molecule has 1 aliphatic rings. The van der Waals surface area contributed by atoms with E-state index in [4.69, 9.17) is 0 Å². The summed E-state index contributed by atoms with van der Waals surface area (Å²) in [6.07, 6.45) is 4.51. The maximum atomic E-state index is 12.8. The lowest BCUT2D eigenvalue weighted by Gasteiger charge is -2.29. The Morgan fingerprint density at radius 2 is 1.79 bits per heavy atom. The molecule has 1 atom stereocenters. The number of hydrogen-bond donors (Lipinski definition) is 4. The summed E-state index contributed by atoms with van der Waals surface area (Å²) >= 11 is 0. The van der Waals surface area contributed by atoms with Gasteiger partial charge in [0.25, 0.3) is 11.5 Å². The normalized spacial score (nSPS) is 20.4. The monoisotopic (exact) mass is 384 g/mol. The van der Waals surface area contributed by atoms with Gasteiger partial charge in [0.2, 0.25) is 0 Å². The third kappa shape index (κ3) is 4.71. The van der Waals surface area contributed by atoms with E-state index in [1.165, 1.54) is 5.56 Å². The van der Waals surface area contributed by atoms with Crippen molar-refractivity contribution in [2.24, 2.45) is 0 Å². The zero-order chi connectivity index (χ0) is 20.1. The Morgan fingerprint density at radius 1 is 1.11 bits per heavy atom. The summed E-state index contributed by atoms with van der Waals surface area (Å²) in [6, 6.07) is 10.5. The predicted molar refractivity (Wildman–Crippen MR) is 110 cm³/mol. The first-order valence-electron chi connectivity index (χ1n) is 9.96. The molecule has 1 aromatic carbocycles. The maximum absolute atomic E-state index is 12.8. The minimum Gasteiger partial charge on any atom is -0.376 e. The van der Waals surface area contributed by atoms with Crippen molar-refractivity contribution in [3.8, 4) is 0 Å². The minimum atomic E-state index is -0.683. The molecule has 1 aromatic heterocycles. The van der Waals surface area contributed by atoms with Gasteiger partial charge in [-0.1, -0.05) is 37.3 Å². The van der Waals surface area contributed by atoms with Crippen molar-refractivity contribution < 1.29 is 4.79 Å². The van der Waals surface area contributed by atoms with E-state index in [2.05, 4.69) is 44.9 Å². The second-order valence-electron chi connectivity index (χ2n) is 7.54. The van der Waals surface area contributed by atoms with E-state index in [0.29, 0.717) is 5.92 Å². The first-order chi connectivity index (χ1) is 13.5. The van der Waals surface area contributed by atoms with Crippen LogP contribution in [0.25, 0.3) is 0 Å². The minimum absolute atomic E-state index is 0.000127. The number of nitrogens with one attached hydrogen (secondary N) is 4. The fraction of sp³-hybridized carbons (Fsp3) is 0.476. The molecule has 1 fully saturated rings. The summed E-state index contributed by atoms with van der Waals surface area (Å²) in [5.74, 6) is 0.0912. The van der Waals surface area contributed by atoms with Gasteiger partial charge in [-0.25, -0.2) is 4.79 Å². The lowest BCUT2D eigenvalue weighted by atomic mass is 9.82. The van der Waals surface area contributed by atoms with Crippen LogP contribution in [0.4, 0.5) is 5.69 Å². The molecule has 150 valence electrons. The predicted octanol–water partition coefficient (Wildman–Crippen LogP) is 2.73. The Morgan fingerprint density at radius 3 is 2.43 bits per heavy atom. The summed E-state index contributed by atoms with van der Waals surface area (Å²) in [4.78, 5) is 41.3. The van der Waals surface area contributed by atoms with Crippen molar-refractivity contribution in [1.82, 2.24) is 15.3 Å². The summed E-state index contributed by atoms with van der Waals surface area (Å²) in [7, 11) is 0. The van der Waals surface area contributed by atoms with Gasteiger partial charge in [-0.3, -0.25) is 14.6 Å². The fourth-order valence-electron chi connectivity index (χ4n) is 3.70. The van der Waals surface area contributed by atoms with Crippen LogP contribution in [0.1, 0.15) is 67.9 Å². The first kappa shape index (κ1) is 19.9. The SMILES string of the molecule is CCC(C)Nc1c(C(=O)N[C@H]2CC[C@@H](c3ccccc3)CC2)[nH]c(=O)[nH]c1=O.